The molecule has 4 heteroatoms. The van der Waals surface area contributed by atoms with E-state index in [-0.39, 0.29) is 12.1 Å². The first-order valence-corrected chi connectivity index (χ1v) is 11.4. The van der Waals surface area contributed by atoms with Crippen molar-refractivity contribution >= 4 is 6.03 Å². The molecule has 1 atom stereocenters. The first-order chi connectivity index (χ1) is 14.6. The molecule has 2 amide bonds. The van der Waals surface area contributed by atoms with E-state index in [0.29, 0.717) is 19.1 Å². The molecule has 4 nitrogen and oxygen atoms in total. The predicted octanol–water partition coefficient (Wildman–Crippen LogP) is 5.36. The average molecular weight is 408 g/mol. The minimum atomic E-state index is 0.0412. The van der Waals surface area contributed by atoms with Crippen molar-refractivity contribution in [2.45, 2.75) is 71.6 Å². The quantitative estimate of drug-likeness (QED) is 0.639. The Bertz CT molecular complexity index is 767. The number of piperidine rings is 1. The molecule has 1 N–H and O–H groups in total. The van der Waals surface area contributed by atoms with Gasteiger partial charge in [-0.15, -0.1) is 0 Å². The lowest BCUT2D eigenvalue weighted by Crippen LogP contribution is -2.51. The maximum atomic E-state index is 13.2. The van der Waals surface area contributed by atoms with Gasteiger partial charge in [0.15, 0.2) is 0 Å². The molecular weight excluding hydrogens is 370 g/mol. The lowest BCUT2D eigenvalue weighted by molar-refractivity contribution is 0.0943. The van der Waals surface area contributed by atoms with Gasteiger partial charge in [0.2, 0.25) is 0 Å². The molecule has 0 aliphatic carbocycles. The summed E-state index contributed by atoms with van der Waals surface area (Å²) in [5, 5.41) is 3.16. The van der Waals surface area contributed by atoms with Crippen LogP contribution in [0.25, 0.3) is 0 Å². The summed E-state index contributed by atoms with van der Waals surface area (Å²) in [6, 6.07) is 19.7. The second-order valence-electron chi connectivity index (χ2n) is 8.66. The maximum Gasteiger partial charge on any atom is 0.318 e. The van der Waals surface area contributed by atoms with E-state index in [1.54, 1.807) is 0 Å². The third-order valence-corrected chi connectivity index (χ3v) is 6.29. The number of carbonyl (C=O) groups is 1. The van der Waals surface area contributed by atoms with E-state index in [4.69, 9.17) is 0 Å². The van der Waals surface area contributed by atoms with Crippen LogP contribution in [-0.2, 0) is 13.1 Å². The van der Waals surface area contributed by atoms with E-state index in [1.165, 1.54) is 24.0 Å². The molecule has 2 aromatic carbocycles. The van der Waals surface area contributed by atoms with E-state index >= 15 is 0 Å². The number of rotatable bonds is 8. The van der Waals surface area contributed by atoms with Gasteiger partial charge in [0.1, 0.15) is 0 Å². The minimum absolute atomic E-state index is 0.0412. The summed E-state index contributed by atoms with van der Waals surface area (Å²) in [5.41, 5.74) is 3.56. The zero-order valence-corrected chi connectivity index (χ0v) is 18.8. The number of nitrogens with zero attached hydrogens (tertiary/aromatic N) is 2. The monoisotopic (exact) mass is 407 g/mol. The lowest BCUT2D eigenvalue weighted by Gasteiger charge is -2.40. The van der Waals surface area contributed by atoms with E-state index in [9.17, 15) is 4.79 Å². The van der Waals surface area contributed by atoms with Crippen LogP contribution in [0.2, 0.25) is 0 Å². The van der Waals surface area contributed by atoms with Gasteiger partial charge in [0.05, 0.1) is 0 Å². The number of carbonyl (C=O) groups excluding carboxylic acids is 1. The van der Waals surface area contributed by atoms with E-state index < -0.39 is 0 Å². The van der Waals surface area contributed by atoms with Crippen molar-refractivity contribution < 1.29 is 4.79 Å². The van der Waals surface area contributed by atoms with E-state index in [1.807, 2.05) is 18.2 Å². The number of hydrogen-bond donors (Lipinski definition) is 1. The van der Waals surface area contributed by atoms with Gasteiger partial charge in [-0.05, 0) is 44.2 Å². The van der Waals surface area contributed by atoms with Gasteiger partial charge in [0, 0.05) is 38.3 Å². The largest absolute Gasteiger partial charge is 0.334 e. The van der Waals surface area contributed by atoms with Crippen LogP contribution in [0.5, 0.6) is 0 Å². The van der Waals surface area contributed by atoms with Gasteiger partial charge < -0.3 is 15.1 Å². The van der Waals surface area contributed by atoms with Crippen molar-refractivity contribution in [1.82, 2.24) is 15.1 Å². The summed E-state index contributed by atoms with van der Waals surface area (Å²) in [4.78, 5) is 17.9. The molecule has 1 saturated heterocycles. The second kappa shape index (κ2) is 11.2. The van der Waals surface area contributed by atoms with Gasteiger partial charge in [-0.1, -0.05) is 73.5 Å². The fourth-order valence-corrected chi connectivity index (χ4v) is 4.37. The summed E-state index contributed by atoms with van der Waals surface area (Å²) < 4.78 is 0. The van der Waals surface area contributed by atoms with Crippen molar-refractivity contribution in [2.24, 2.45) is 0 Å². The Morgan fingerprint density at radius 2 is 1.73 bits per heavy atom. The summed E-state index contributed by atoms with van der Waals surface area (Å²) in [7, 11) is 0. The van der Waals surface area contributed by atoms with Gasteiger partial charge in [-0.2, -0.15) is 0 Å². The topological polar surface area (TPSA) is 35.6 Å². The molecule has 1 fully saturated rings. The molecule has 3 rings (SSSR count). The molecule has 0 bridgehead atoms. The molecule has 1 heterocycles. The van der Waals surface area contributed by atoms with Gasteiger partial charge >= 0.3 is 6.03 Å². The normalized spacial score (nSPS) is 16.2. The molecule has 1 aliphatic rings. The van der Waals surface area contributed by atoms with Crippen molar-refractivity contribution in [3.05, 3.63) is 71.3 Å². The van der Waals surface area contributed by atoms with Crippen LogP contribution in [0.3, 0.4) is 0 Å². The number of nitrogens with one attached hydrogen (secondary N) is 1. The third-order valence-electron chi connectivity index (χ3n) is 6.29. The number of aryl methyl sites for hydroxylation is 1. The van der Waals surface area contributed by atoms with Crippen molar-refractivity contribution in [2.75, 3.05) is 13.1 Å². The number of likely N-dealkylation sites (tertiary alicyclic amines) is 1. The zero-order valence-electron chi connectivity index (χ0n) is 18.8. The molecule has 1 aliphatic heterocycles. The second-order valence-corrected chi connectivity index (χ2v) is 8.66. The Balaban J connectivity index is 1.64. The molecule has 30 heavy (non-hydrogen) atoms. The van der Waals surface area contributed by atoms with Crippen LogP contribution in [0.15, 0.2) is 54.6 Å². The Morgan fingerprint density at radius 3 is 2.37 bits per heavy atom. The summed E-state index contributed by atoms with van der Waals surface area (Å²) in [6.45, 7) is 10.0. The fourth-order valence-electron chi connectivity index (χ4n) is 4.37. The molecule has 0 saturated carbocycles. The Morgan fingerprint density at radius 1 is 1.07 bits per heavy atom. The smallest absolute Gasteiger partial charge is 0.318 e. The van der Waals surface area contributed by atoms with Crippen LogP contribution in [0.4, 0.5) is 4.79 Å². The molecule has 0 spiro atoms. The Hall–Kier alpha value is -2.33. The van der Waals surface area contributed by atoms with Crippen molar-refractivity contribution in [3.63, 3.8) is 0 Å². The molecule has 0 radical (unpaired) electrons. The number of benzene rings is 2. The highest BCUT2D eigenvalue weighted by Crippen LogP contribution is 2.22. The van der Waals surface area contributed by atoms with Gasteiger partial charge in [-0.25, -0.2) is 4.79 Å². The van der Waals surface area contributed by atoms with Gasteiger partial charge in [-0.3, -0.25) is 0 Å². The molecule has 2 aromatic rings. The van der Waals surface area contributed by atoms with Crippen molar-refractivity contribution in [1.29, 1.82) is 0 Å². The third kappa shape index (κ3) is 6.33. The standard InChI is InChI=1S/C26H37N3O/c1-4-8-22(3)28-17-15-25(16-18-28)29(20-24-9-6-5-7-10-24)26(30)27-19-23-13-11-21(2)12-14-23/h5-7,9-14,22,25H,4,8,15-20H2,1-3H3,(H,27,30). The van der Waals surface area contributed by atoms with E-state index in [2.05, 4.69) is 72.3 Å². The first-order valence-electron chi connectivity index (χ1n) is 11.4. The SMILES string of the molecule is CCCC(C)N1CCC(N(Cc2ccccc2)C(=O)NCc2ccc(C)cc2)CC1. The molecule has 162 valence electrons. The zero-order chi connectivity index (χ0) is 21.3. The van der Waals surface area contributed by atoms with Crippen molar-refractivity contribution in [3.8, 4) is 0 Å². The number of hydrogen-bond acceptors (Lipinski definition) is 2. The predicted molar refractivity (Wildman–Crippen MR) is 124 cm³/mol. The Labute approximate surface area is 182 Å². The highest BCUT2D eigenvalue weighted by Gasteiger charge is 2.29. The molecule has 1 unspecified atom stereocenters. The van der Waals surface area contributed by atoms with E-state index in [0.717, 1.165) is 31.5 Å². The summed E-state index contributed by atoms with van der Waals surface area (Å²) in [6.07, 6.45) is 4.55. The maximum absolute atomic E-state index is 13.2. The average Bonchev–Trinajstić information content (AvgIpc) is 2.78. The van der Waals surface area contributed by atoms with Crippen LogP contribution in [-0.4, -0.2) is 41.0 Å². The summed E-state index contributed by atoms with van der Waals surface area (Å²) >= 11 is 0. The number of urea groups is 1. The van der Waals surface area contributed by atoms with Crippen LogP contribution in [0, 0.1) is 6.92 Å². The van der Waals surface area contributed by atoms with Gasteiger partial charge in [0.25, 0.3) is 0 Å². The lowest BCUT2D eigenvalue weighted by atomic mass is 10.00. The van der Waals surface area contributed by atoms with Crippen LogP contribution >= 0.6 is 0 Å². The van der Waals surface area contributed by atoms with Crippen LogP contribution in [0.1, 0.15) is 56.2 Å². The summed E-state index contributed by atoms with van der Waals surface area (Å²) in [5.74, 6) is 0. The van der Waals surface area contributed by atoms with Crippen LogP contribution < -0.4 is 5.32 Å². The minimum Gasteiger partial charge on any atom is -0.334 e. The Kier molecular flexibility index (Phi) is 8.32. The first kappa shape index (κ1) is 22.4. The molecular formula is C26H37N3O. The fraction of sp³-hybridized carbons (Fsp3) is 0.500. The highest BCUT2D eigenvalue weighted by atomic mass is 16.2. The number of amides is 2. The molecule has 0 aromatic heterocycles. The highest BCUT2D eigenvalue weighted by molar-refractivity contribution is 5.74.